The van der Waals surface area contributed by atoms with Crippen molar-refractivity contribution >= 4 is 16.9 Å². The number of nitrogens with one attached hydrogen (secondary N) is 1. The van der Waals surface area contributed by atoms with E-state index in [4.69, 9.17) is 9.72 Å². The zero-order valence-corrected chi connectivity index (χ0v) is 14.2. The van der Waals surface area contributed by atoms with Crippen LogP contribution in [-0.2, 0) is 9.53 Å². The number of carbonyl (C=O) groups is 1. The van der Waals surface area contributed by atoms with Crippen molar-refractivity contribution in [2.24, 2.45) is 5.92 Å². The van der Waals surface area contributed by atoms with E-state index in [2.05, 4.69) is 9.88 Å². The van der Waals surface area contributed by atoms with Gasteiger partial charge in [0.2, 0.25) is 5.91 Å². The van der Waals surface area contributed by atoms with Gasteiger partial charge in [-0.25, -0.2) is 4.98 Å². The van der Waals surface area contributed by atoms with E-state index in [1.54, 1.807) is 7.11 Å². The van der Waals surface area contributed by atoms with Crippen LogP contribution in [0.1, 0.15) is 50.4 Å². The molecule has 5 nitrogen and oxygen atoms in total. The molecule has 24 heavy (non-hydrogen) atoms. The summed E-state index contributed by atoms with van der Waals surface area (Å²) >= 11 is 0. The molecule has 0 radical (unpaired) electrons. The van der Waals surface area contributed by atoms with Gasteiger partial charge in [-0.1, -0.05) is 18.6 Å². The van der Waals surface area contributed by atoms with Gasteiger partial charge in [0, 0.05) is 19.6 Å². The summed E-state index contributed by atoms with van der Waals surface area (Å²) in [7, 11) is 1.75. The van der Waals surface area contributed by atoms with Gasteiger partial charge in [0.05, 0.1) is 23.2 Å². The Morgan fingerprint density at radius 3 is 2.96 bits per heavy atom. The number of likely N-dealkylation sites (tertiary alicyclic amines) is 1. The Bertz CT molecular complexity index is 693. The van der Waals surface area contributed by atoms with Crippen LogP contribution in [0, 0.1) is 5.92 Å². The molecule has 128 valence electrons. The van der Waals surface area contributed by atoms with Crippen molar-refractivity contribution in [3.8, 4) is 0 Å². The highest BCUT2D eigenvalue weighted by Crippen LogP contribution is 2.35. The van der Waals surface area contributed by atoms with Crippen molar-refractivity contribution in [3.05, 3.63) is 30.1 Å². The van der Waals surface area contributed by atoms with Crippen LogP contribution in [0.4, 0.5) is 0 Å². The van der Waals surface area contributed by atoms with Crippen LogP contribution < -0.4 is 0 Å². The second kappa shape index (κ2) is 6.55. The lowest BCUT2D eigenvalue weighted by Crippen LogP contribution is -2.39. The SMILES string of the molecule is CO[C@H]1CCC[C@H](C(=O)N2CCC[C@@H]2c2nc3ccccc3[nH]2)C1. The minimum atomic E-state index is 0.0906. The summed E-state index contributed by atoms with van der Waals surface area (Å²) in [5, 5.41) is 0. The first-order chi connectivity index (χ1) is 11.8. The highest BCUT2D eigenvalue weighted by Gasteiger charge is 2.37. The number of hydrogen-bond acceptors (Lipinski definition) is 3. The Labute approximate surface area is 142 Å². The number of aromatic nitrogens is 2. The van der Waals surface area contributed by atoms with E-state index in [1.165, 1.54) is 0 Å². The Balaban J connectivity index is 1.54. The first-order valence-corrected chi connectivity index (χ1v) is 9.04. The summed E-state index contributed by atoms with van der Waals surface area (Å²) in [5.74, 6) is 1.33. The Morgan fingerprint density at radius 1 is 1.25 bits per heavy atom. The topological polar surface area (TPSA) is 58.2 Å². The maximum absolute atomic E-state index is 13.1. The maximum atomic E-state index is 13.1. The zero-order chi connectivity index (χ0) is 16.5. The molecule has 0 unspecified atom stereocenters. The number of imidazole rings is 1. The molecule has 1 aliphatic carbocycles. The van der Waals surface area contributed by atoms with Gasteiger partial charge >= 0.3 is 0 Å². The first kappa shape index (κ1) is 15.6. The molecule has 2 aliphatic rings. The number of amides is 1. The van der Waals surface area contributed by atoms with E-state index in [0.717, 1.165) is 61.9 Å². The van der Waals surface area contributed by atoms with Crippen LogP contribution in [0.25, 0.3) is 11.0 Å². The van der Waals surface area contributed by atoms with Gasteiger partial charge in [-0.3, -0.25) is 4.79 Å². The molecule has 2 fully saturated rings. The number of hydrogen-bond donors (Lipinski definition) is 1. The fourth-order valence-electron chi connectivity index (χ4n) is 4.26. The van der Waals surface area contributed by atoms with Crippen molar-refractivity contribution < 1.29 is 9.53 Å². The van der Waals surface area contributed by atoms with Crippen LogP contribution in [0.2, 0.25) is 0 Å². The summed E-state index contributed by atoms with van der Waals surface area (Å²) in [5.41, 5.74) is 2.02. The molecule has 2 heterocycles. The van der Waals surface area contributed by atoms with Crippen molar-refractivity contribution in [3.63, 3.8) is 0 Å². The fraction of sp³-hybridized carbons (Fsp3) is 0.579. The molecule has 1 amide bonds. The highest BCUT2D eigenvalue weighted by atomic mass is 16.5. The number of rotatable bonds is 3. The Morgan fingerprint density at radius 2 is 2.12 bits per heavy atom. The van der Waals surface area contributed by atoms with Crippen molar-refractivity contribution in [1.82, 2.24) is 14.9 Å². The number of aromatic amines is 1. The number of para-hydroxylation sites is 2. The molecule has 1 saturated carbocycles. The molecular formula is C19H25N3O2. The van der Waals surface area contributed by atoms with Crippen LogP contribution in [0.5, 0.6) is 0 Å². The smallest absolute Gasteiger partial charge is 0.226 e. The lowest BCUT2D eigenvalue weighted by atomic mass is 9.86. The predicted molar refractivity (Wildman–Crippen MR) is 92.5 cm³/mol. The third-order valence-corrected chi connectivity index (χ3v) is 5.57. The number of benzene rings is 1. The third-order valence-electron chi connectivity index (χ3n) is 5.57. The number of methoxy groups -OCH3 is 1. The van der Waals surface area contributed by atoms with Gasteiger partial charge in [0.25, 0.3) is 0 Å². The summed E-state index contributed by atoms with van der Waals surface area (Å²) < 4.78 is 5.50. The third kappa shape index (κ3) is 2.81. The zero-order valence-electron chi connectivity index (χ0n) is 14.2. The van der Waals surface area contributed by atoms with E-state index in [0.29, 0.717) is 5.91 Å². The molecule has 5 heteroatoms. The first-order valence-electron chi connectivity index (χ1n) is 9.04. The number of nitrogens with zero attached hydrogens (tertiary/aromatic N) is 2. The number of ether oxygens (including phenoxy) is 1. The molecule has 1 aromatic carbocycles. The second-order valence-electron chi connectivity index (χ2n) is 7.05. The summed E-state index contributed by atoms with van der Waals surface area (Å²) in [6, 6.07) is 8.15. The van der Waals surface area contributed by atoms with Crippen LogP contribution >= 0.6 is 0 Å². The standard InChI is InChI=1S/C19H25N3O2/c1-24-14-7-4-6-13(12-14)19(23)22-11-5-10-17(22)18-20-15-8-2-3-9-16(15)21-18/h2-3,8-9,13-14,17H,4-7,10-12H2,1H3,(H,20,21)/t13-,14-,17+/m0/s1. The van der Waals surface area contributed by atoms with E-state index in [1.807, 2.05) is 24.3 Å². The van der Waals surface area contributed by atoms with Gasteiger partial charge < -0.3 is 14.6 Å². The maximum Gasteiger partial charge on any atom is 0.226 e. The Hall–Kier alpha value is -1.88. The molecule has 1 N–H and O–H groups in total. The minimum absolute atomic E-state index is 0.0906. The normalized spacial score (nSPS) is 27.7. The van der Waals surface area contributed by atoms with Crippen molar-refractivity contribution in [1.29, 1.82) is 0 Å². The molecule has 2 aromatic rings. The van der Waals surface area contributed by atoms with Crippen molar-refractivity contribution in [2.45, 2.75) is 50.7 Å². The molecule has 3 atom stereocenters. The lowest BCUT2D eigenvalue weighted by molar-refractivity contribution is -0.139. The lowest BCUT2D eigenvalue weighted by Gasteiger charge is -2.32. The molecule has 1 aliphatic heterocycles. The summed E-state index contributed by atoms with van der Waals surface area (Å²) in [6.07, 6.45) is 6.28. The quantitative estimate of drug-likeness (QED) is 0.939. The van der Waals surface area contributed by atoms with Gasteiger partial charge in [-0.05, 0) is 44.2 Å². The number of fused-ring (bicyclic) bond motifs is 1. The molecule has 0 spiro atoms. The van der Waals surface area contributed by atoms with Crippen LogP contribution in [-0.4, -0.2) is 40.5 Å². The monoisotopic (exact) mass is 327 g/mol. The number of carbonyl (C=O) groups excluding carboxylic acids is 1. The summed E-state index contributed by atoms with van der Waals surface area (Å²) in [4.78, 5) is 23.3. The Kier molecular flexibility index (Phi) is 4.27. The molecule has 4 rings (SSSR count). The predicted octanol–water partition coefficient (Wildman–Crippen LogP) is 3.43. The molecule has 1 saturated heterocycles. The second-order valence-corrected chi connectivity index (χ2v) is 7.05. The highest BCUT2D eigenvalue weighted by molar-refractivity contribution is 5.80. The van der Waals surface area contributed by atoms with E-state index in [9.17, 15) is 4.79 Å². The summed E-state index contributed by atoms with van der Waals surface area (Å²) in [6.45, 7) is 0.842. The van der Waals surface area contributed by atoms with E-state index >= 15 is 0 Å². The van der Waals surface area contributed by atoms with Gasteiger partial charge in [0.15, 0.2) is 0 Å². The van der Waals surface area contributed by atoms with E-state index < -0.39 is 0 Å². The number of H-pyrrole nitrogens is 1. The van der Waals surface area contributed by atoms with Crippen LogP contribution in [0.15, 0.2) is 24.3 Å². The van der Waals surface area contributed by atoms with Crippen LogP contribution in [0.3, 0.4) is 0 Å². The minimum Gasteiger partial charge on any atom is -0.381 e. The van der Waals surface area contributed by atoms with Gasteiger partial charge in [0.1, 0.15) is 5.82 Å². The average molecular weight is 327 g/mol. The molecule has 1 aromatic heterocycles. The molecule has 0 bridgehead atoms. The van der Waals surface area contributed by atoms with Crippen molar-refractivity contribution in [2.75, 3.05) is 13.7 Å². The largest absolute Gasteiger partial charge is 0.381 e. The van der Waals surface area contributed by atoms with Gasteiger partial charge in [-0.2, -0.15) is 0 Å². The molecular weight excluding hydrogens is 302 g/mol. The van der Waals surface area contributed by atoms with Gasteiger partial charge in [-0.15, -0.1) is 0 Å². The van der Waals surface area contributed by atoms with E-state index in [-0.39, 0.29) is 18.1 Å². The fourth-order valence-corrected chi connectivity index (χ4v) is 4.26. The average Bonchev–Trinajstić information content (AvgIpc) is 3.27.